The zero-order valence-electron chi connectivity index (χ0n) is 10.5. The van der Waals surface area contributed by atoms with Gasteiger partial charge in [0.05, 0.1) is 25.3 Å². The third-order valence-corrected chi connectivity index (χ3v) is 2.83. The van der Waals surface area contributed by atoms with Crippen LogP contribution in [0, 0.1) is 0 Å². The van der Waals surface area contributed by atoms with Crippen LogP contribution in [0.5, 0.6) is 5.88 Å². The molecule has 2 rings (SSSR count). The van der Waals surface area contributed by atoms with Gasteiger partial charge in [-0.05, 0) is 0 Å². The number of aromatic nitrogens is 2. The first-order chi connectivity index (χ1) is 9.36. The largest absolute Gasteiger partial charge is 0.417 e. The lowest BCUT2D eigenvalue weighted by Gasteiger charge is -2.14. The maximum atomic E-state index is 12.1. The number of β-amino-alcohol motifs (C(OH)–C–C–N with tert-alkyl or cyclic N) is 2. The molecule has 1 aromatic rings. The van der Waals surface area contributed by atoms with Crippen molar-refractivity contribution in [3.05, 3.63) is 6.07 Å². The lowest BCUT2D eigenvalue weighted by molar-refractivity contribution is -0.0553. The van der Waals surface area contributed by atoms with Crippen LogP contribution in [0.25, 0.3) is 0 Å². The number of carbonyl (C=O) groups is 1. The van der Waals surface area contributed by atoms with Gasteiger partial charge in [0.1, 0.15) is 0 Å². The summed E-state index contributed by atoms with van der Waals surface area (Å²) >= 11 is 0. The molecule has 112 valence electrons. The topological polar surface area (TPSA) is 99.9 Å². The summed E-state index contributed by atoms with van der Waals surface area (Å²) in [6.45, 7) is -3.02. The zero-order chi connectivity index (χ0) is 14.9. The number of rotatable bonds is 3. The summed E-state index contributed by atoms with van der Waals surface area (Å²) in [5.41, 5.74) is 0. The lowest BCUT2D eigenvalue weighted by atomic mass is 10.3. The Kier molecular flexibility index (Phi) is 4.04. The molecule has 3 N–H and O–H groups in total. The molecular weight excluding hydrogens is 278 g/mol. The molecule has 2 heterocycles. The van der Waals surface area contributed by atoms with E-state index >= 15 is 0 Å². The number of halogens is 2. The van der Waals surface area contributed by atoms with Crippen LogP contribution in [0.3, 0.4) is 0 Å². The highest BCUT2D eigenvalue weighted by Gasteiger charge is 2.32. The lowest BCUT2D eigenvalue weighted by Crippen LogP contribution is -2.34. The number of hydrogen-bond acceptors (Lipinski definition) is 5. The number of nitrogens with zero attached hydrogens (tertiary/aromatic N) is 3. The Morgan fingerprint density at radius 1 is 1.50 bits per heavy atom. The van der Waals surface area contributed by atoms with E-state index in [2.05, 4.69) is 15.2 Å². The predicted molar refractivity (Wildman–Crippen MR) is 62.4 cm³/mol. The Morgan fingerprint density at radius 3 is 2.65 bits per heavy atom. The molecule has 1 saturated heterocycles. The van der Waals surface area contributed by atoms with Crippen molar-refractivity contribution in [3.63, 3.8) is 0 Å². The Balaban J connectivity index is 1.98. The minimum Gasteiger partial charge on any atom is -0.417 e. The normalized spacial score (nSPS) is 22.4. The summed E-state index contributed by atoms with van der Waals surface area (Å²) in [7, 11) is 1.39. The van der Waals surface area contributed by atoms with E-state index in [4.69, 9.17) is 0 Å². The van der Waals surface area contributed by atoms with Gasteiger partial charge < -0.3 is 19.8 Å². The molecule has 10 heteroatoms. The highest BCUT2D eigenvalue weighted by molar-refractivity contribution is 5.88. The van der Waals surface area contributed by atoms with Crippen molar-refractivity contribution in [3.8, 4) is 5.88 Å². The first kappa shape index (κ1) is 14.5. The van der Waals surface area contributed by atoms with Crippen LogP contribution >= 0.6 is 0 Å². The van der Waals surface area contributed by atoms with Crippen LogP contribution in [0.2, 0.25) is 0 Å². The van der Waals surface area contributed by atoms with Gasteiger partial charge >= 0.3 is 12.6 Å². The SMILES string of the molecule is Cn1nc(NC(=O)N2CC(O)C(O)C2)cc1OC(F)F. The highest BCUT2D eigenvalue weighted by Crippen LogP contribution is 2.19. The second-order valence-electron chi connectivity index (χ2n) is 4.34. The first-order valence-corrected chi connectivity index (χ1v) is 5.77. The average molecular weight is 292 g/mol. The van der Waals surface area contributed by atoms with Gasteiger partial charge in [-0.1, -0.05) is 0 Å². The molecular formula is C10H14F2N4O4. The molecule has 1 aliphatic heterocycles. The molecule has 2 atom stereocenters. The van der Waals surface area contributed by atoms with Crippen molar-refractivity contribution in [2.24, 2.45) is 7.05 Å². The van der Waals surface area contributed by atoms with Crippen molar-refractivity contribution in [1.29, 1.82) is 0 Å². The molecule has 0 saturated carbocycles. The van der Waals surface area contributed by atoms with E-state index in [0.717, 1.165) is 10.7 Å². The van der Waals surface area contributed by atoms with Crippen molar-refractivity contribution in [1.82, 2.24) is 14.7 Å². The van der Waals surface area contributed by atoms with E-state index in [1.165, 1.54) is 11.9 Å². The van der Waals surface area contributed by atoms with E-state index in [1.54, 1.807) is 0 Å². The first-order valence-electron chi connectivity index (χ1n) is 5.77. The summed E-state index contributed by atoms with van der Waals surface area (Å²) in [4.78, 5) is 13.0. The molecule has 1 aliphatic rings. The van der Waals surface area contributed by atoms with Crippen molar-refractivity contribution in [2.45, 2.75) is 18.8 Å². The van der Waals surface area contributed by atoms with Crippen LogP contribution in [-0.4, -0.2) is 62.8 Å². The van der Waals surface area contributed by atoms with Gasteiger partial charge in [0.2, 0.25) is 5.88 Å². The Bertz CT molecular complexity index is 486. The van der Waals surface area contributed by atoms with Gasteiger partial charge in [-0.15, -0.1) is 0 Å². The number of nitrogens with one attached hydrogen (secondary N) is 1. The Morgan fingerprint density at radius 2 is 2.10 bits per heavy atom. The molecule has 1 fully saturated rings. The standard InChI is InChI=1S/C10H14F2N4O4/c1-15-8(20-9(11)12)2-7(14-15)13-10(19)16-3-5(17)6(18)4-16/h2,5-6,9,17-18H,3-4H2,1H3,(H,13,14,19). The molecule has 8 nitrogen and oxygen atoms in total. The van der Waals surface area contributed by atoms with Crippen LogP contribution in [-0.2, 0) is 7.05 Å². The van der Waals surface area contributed by atoms with E-state index in [0.29, 0.717) is 0 Å². The van der Waals surface area contributed by atoms with E-state index in [1.807, 2.05) is 0 Å². The number of amides is 2. The molecule has 0 bridgehead atoms. The van der Waals surface area contributed by atoms with Crippen LogP contribution in [0.4, 0.5) is 19.4 Å². The van der Waals surface area contributed by atoms with Crippen molar-refractivity contribution < 1.29 is 28.5 Å². The summed E-state index contributed by atoms with van der Waals surface area (Å²) < 4.78 is 29.4. The Hall–Kier alpha value is -1.94. The van der Waals surface area contributed by atoms with Gasteiger partial charge in [-0.2, -0.15) is 13.9 Å². The molecule has 0 spiro atoms. The number of hydrogen-bond donors (Lipinski definition) is 3. The van der Waals surface area contributed by atoms with Gasteiger partial charge in [0.15, 0.2) is 5.82 Å². The number of likely N-dealkylation sites (tertiary alicyclic amines) is 1. The fourth-order valence-corrected chi connectivity index (χ4v) is 1.84. The number of carbonyl (C=O) groups excluding carboxylic acids is 1. The molecule has 2 unspecified atom stereocenters. The maximum Gasteiger partial charge on any atom is 0.388 e. The summed E-state index contributed by atoms with van der Waals surface area (Å²) in [5, 5.41) is 24.8. The number of aliphatic hydroxyl groups is 2. The number of aliphatic hydroxyl groups excluding tert-OH is 2. The molecule has 1 aromatic heterocycles. The second-order valence-corrected chi connectivity index (χ2v) is 4.34. The van der Waals surface area contributed by atoms with Crippen LogP contribution < -0.4 is 10.1 Å². The van der Waals surface area contributed by atoms with Crippen molar-refractivity contribution >= 4 is 11.8 Å². The fraction of sp³-hybridized carbons (Fsp3) is 0.600. The molecule has 20 heavy (non-hydrogen) atoms. The molecule has 0 aromatic carbocycles. The number of alkyl halides is 2. The molecule has 0 aliphatic carbocycles. The predicted octanol–water partition coefficient (Wildman–Crippen LogP) is -0.409. The van der Waals surface area contributed by atoms with E-state index < -0.39 is 24.9 Å². The van der Waals surface area contributed by atoms with Gasteiger partial charge in [-0.3, -0.25) is 5.32 Å². The van der Waals surface area contributed by atoms with E-state index in [9.17, 15) is 23.8 Å². The highest BCUT2D eigenvalue weighted by atomic mass is 19.3. The number of urea groups is 1. The number of anilines is 1. The summed E-state index contributed by atoms with van der Waals surface area (Å²) in [6, 6.07) is 0.551. The fourth-order valence-electron chi connectivity index (χ4n) is 1.84. The summed E-state index contributed by atoms with van der Waals surface area (Å²) in [5.74, 6) is -0.166. The Labute approximate surface area is 112 Å². The third kappa shape index (κ3) is 3.14. The summed E-state index contributed by atoms with van der Waals surface area (Å²) in [6.07, 6.45) is -2.00. The molecule has 0 radical (unpaired) electrons. The quantitative estimate of drug-likeness (QED) is 0.703. The van der Waals surface area contributed by atoms with Gasteiger partial charge in [0, 0.05) is 13.1 Å². The number of aryl methyl sites for hydroxylation is 1. The zero-order valence-corrected chi connectivity index (χ0v) is 10.5. The van der Waals surface area contributed by atoms with Gasteiger partial charge in [0.25, 0.3) is 0 Å². The van der Waals surface area contributed by atoms with Crippen LogP contribution in [0.1, 0.15) is 0 Å². The van der Waals surface area contributed by atoms with Crippen LogP contribution in [0.15, 0.2) is 6.07 Å². The minimum absolute atomic E-state index is 0.0137. The number of ether oxygens (including phenoxy) is 1. The minimum atomic E-state index is -2.99. The third-order valence-electron chi connectivity index (χ3n) is 2.83. The maximum absolute atomic E-state index is 12.1. The monoisotopic (exact) mass is 292 g/mol. The van der Waals surface area contributed by atoms with Crippen molar-refractivity contribution in [2.75, 3.05) is 18.4 Å². The second kappa shape index (κ2) is 5.59. The van der Waals surface area contributed by atoms with Gasteiger partial charge in [-0.25, -0.2) is 9.48 Å². The average Bonchev–Trinajstić information content (AvgIpc) is 2.83. The smallest absolute Gasteiger partial charge is 0.388 e. The molecule has 2 amide bonds. The van der Waals surface area contributed by atoms with E-state index in [-0.39, 0.29) is 24.8 Å².